The van der Waals surface area contributed by atoms with E-state index in [2.05, 4.69) is 30.4 Å². The van der Waals surface area contributed by atoms with Crippen LogP contribution in [0.25, 0.3) is 0 Å². The van der Waals surface area contributed by atoms with Crippen molar-refractivity contribution in [1.82, 2.24) is 10.3 Å². The number of halogens is 2. The molecule has 0 aliphatic carbocycles. The molecular formula is C24H22F2N4O6. The number of fused-ring (bicyclic) bond motifs is 1. The van der Waals surface area contributed by atoms with Gasteiger partial charge in [0.25, 0.3) is 11.8 Å². The lowest BCUT2D eigenvalue weighted by molar-refractivity contribution is -0.286. The molecule has 1 unspecified atom stereocenters. The second-order valence-electron chi connectivity index (χ2n) is 7.78. The van der Waals surface area contributed by atoms with Gasteiger partial charge in [-0.25, -0.2) is 0 Å². The Kier molecular flexibility index (Phi) is 7.27. The van der Waals surface area contributed by atoms with E-state index in [0.29, 0.717) is 16.8 Å². The topological polar surface area (TPSA) is 142 Å². The molecular weight excluding hydrogens is 478 g/mol. The molecule has 3 aromatic rings. The number of para-hydroxylation sites is 1. The first-order valence-corrected chi connectivity index (χ1v) is 10.8. The fourth-order valence-corrected chi connectivity index (χ4v) is 3.33. The van der Waals surface area contributed by atoms with E-state index in [0.717, 1.165) is 0 Å². The van der Waals surface area contributed by atoms with E-state index >= 15 is 0 Å². The zero-order chi connectivity index (χ0) is 25.7. The Hall–Kier alpha value is -4.29. The van der Waals surface area contributed by atoms with Gasteiger partial charge >= 0.3 is 6.29 Å². The molecule has 188 valence electrons. The van der Waals surface area contributed by atoms with E-state index < -0.39 is 30.8 Å². The van der Waals surface area contributed by atoms with Crippen molar-refractivity contribution in [3.8, 4) is 11.5 Å². The van der Waals surface area contributed by atoms with Crippen molar-refractivity contribution in [2.45, 2.75) is 18.9 Å². The van der Waals surface area contributed by atoms with Crippen LogP contribution in [0.15, 0.2) is 60.8 Å². The first-order chi connectivity index (χ1) is 17.2. The van der Waals surface area contributed by atoms with E-state index in [1.807, 2.05) is 0 Å². The number of pyridine rings is 1. The van der Waals surface area contributed by atoms with Gasteiger partial charge in [0.15, 0.2) is 11.5 Å². The van der Waals surface area contributed by atoms with Crippen molar-refractivity contribution in [3.63, 3.8) is 0 Å². The lowest BCUT2D eigenvalue weighted by Crippen LogP contribution is -2.34. The summed E-state index contributed by atoms with van der Waals surface area (Å²) >= 11 is 0. The molecule has 5 N–H and O–H groups in total. The van der Waals surface area contributed by atoms with Crippen molar-refractivity contribution in [1.29, 1.82) is 0 Å². The maximum Gasteiger partial charge on any atom is 0.586 e. The Morgan fingerprint density at radius 3 is 2.61 bits per heavy atom. The van der Waals surface area contributed by atoms with Gasteiger partial charge < -0.3 is 35.6 Å². The molecule has 0 fully saturated rings. The lowest BCUT2D eigenvalue weighted by Gasteiger charge is -2.13. The third kappa shape index (κ3) is 6.03. The Balaban J connectivity index is 1.41. The number of aliphatic hydroxyl groups is 2. The molecule has 2 amide bonds. The Morgan fingerprint density at radius 2 is 1.81 bits per heavy atom. The largest absolute Gasteiger partial charge is 0.586 e. The van der Waals surface area contributed by atoms with Gasteiger partial charge in [-0.3, -0.25) is 14.6 Å². The van der Waals surface area contributed by atoms with Gasteiger partial charge in [0.1, 0.15) is 5.69 Å². The molecule has 0 saturated carbocycles. The highest BCUT2D eigenvalue weighted by atomic mass is 19.3. The monoisotopic (exact) mass is 500 g/mol. The number of hydrogen-bond acceptors (Lipinski definition) is 8. The standard InChI is InChI=1S/C24H22F2N4O6/c25-24(26)35-20-6-5-15(10-21(20)36-24)30-22(33)17-3-1-2-4-18(17)28-11-14-7-8-27-19(9-14)23(34)29-12-16(32)13-31/h1-10,16,28,31-32H,11-13H2,(H,29,34)(H,30,33). The molecule has 1 aromatic heterocycles. The summed E-state index contributed by atoms with van der Waals surface area (Å²) in [5.74, 6) is -1.31. The summed E-state index contributed by atoms with van der Waals surface area (Å²) in [4.78, 5) is 29.1. The zero-order valence-corrected chi connectivity index (χ0v) is 18.7. The summed E-state index contributed by atoms with van der Waals surface area (Å²) in [5, 5.41) is 26.5. The molecule has 0 bridgehead atoms. The highest BCUT2D eigenvalue weighted by Crippen LogP contribution is 2.42. The summed E-state index contributed by atoms with van der Waals surface area (Å²) in [6, 6.07) is 13.9. The number of rotatable bonds is 9. The summed E-state index contributed by atoms with van der Waals surface area (Å²) in [5.41, 5.74) is 1.86. The van der Waals surface area contributed by atoms with E-state index in [4.69, 9.17) is 5.11 Å². The molecule has 1 atom stereocenters. The van der Waals surface area contributed by atoms with Crippen molar-refractivity contribution in [2.24, 2.45) is 0 Å². The number of carbonyl (C=O) groups excluding carboxylic acids is 2. The number of alkyl halides is 2. The third-order valence-corrected chi connectivity index (χ3v) is 5.08. The maximum absolute atomic E-state index is 13.2. The Morgan fingerprint density at radius 1 is 1.03 bits per heavy atom. The Labute approximate surface area is 203 Å². The Bertz CT molecular complexity index is 1270. The number of amides is 2. The molecule has 0 radical (unpaired) electrons. The molecule has 12 heteroatoms. The molecule has 1 aliphatic rings. The van der Waals surface area contributed by atoms with Crippen molar-refractivity contribution in [3.05, 3.63) is 77.6 Å². The third-order valence-electron chi connectivity index (χ3n) is 5.08. The van der Waals surface area contributed by atoms with Gasteiger partial charge in [0.2, 0.25) is 0 Å². The molecule has 36 heavy (non-hydrogen) atoms. The number of aromatic nitrogens is 1. The van der Waals surface area contributed by atoms with Crippen LogP contribution in [0.3, 0.4) is 0 Å². The molecule has 0 spiro atoms. The normalized spacial score (nSPS) is 14.1. The van der Waals surface area contributed by atoms with Crippen LogP contribution in [-0.4, -0.2) is 52.6 Å². The second-order valence-corrected chi connectivity index (χ2v) is 7.78. The number of benzene rings is 2. The molecule has 4 rings (SSSR count). The second kappa shape index (κ2) is 10.5. The molecule has 1 aliphatic heterocycles. The SMILES string of the molecule is O=C(NCC(O)CO)c1cc(CNc2ccccc2C(=O)Nc2ccc3c(c2)OC(F)(F)O3)ccn1. The number of nitrogens with zero attached hydrogens (tertiary/aromatic N) is 1. The average molecular weight is 500 g/mol. The lowest BCUT2D eigenvalue weighted by atomic mass is 10.1. The molecule has 2 aromatic carbocycles. The van der Waals surface area contributed by atoms with Crippen LogP contribution in [0, 0.1) is 0 Å². The minimum atomic E-state index is -3.75. The van der Waals surface area contributed by atoms with Crippen LogP contribution >= 0.6 is 0 Å². The van der Waals surface area contributed by atoms with Crippen molar-refractivity contribution in [2.75, 3.05) is 23.8 Å². The number of anilines is 2. The highest BCUT2D eigenvalue weighted by Gasteiger charge is 2.43. The number of aliphatic hydroxyl groups excluding tert-OH is 2. The van der Waals surface area contributed by atoms with E-state index in [1.54, 1.807) is 36.4 Å². The van der Waals surface area contributed by atoms with Gasteiger partial charge in [-0.2, -0.15) is 0 Å². The zero-order valence-electron chi connectivity index (χ0n) is 18.7. The number of nitrogens with one attached hydrogen (secondary N) is 3. The van der Waals surface area contributed by atoms with Crippen LogP contribution in [0.2, 0.25) is 0 Å². The van der Waals surface area contributed by atoms with E-state index in [-0.39, 0.29) is 36.0 Å². The van der Waals surface area contributed by atoms with Gasteiger partial charge in [0, 0.05) is 36.7 Å². The minimum Gasteiger partial charge on any atom is -0.395 e. The van der Waals surface area contributed by atoms with Gasteiger partial charge in [0.05, 0.1) is 18.3 Å². The summed E-state index contributed by atoms with van der Waals surface area (Å²) in [6.45, 7) is -0.339. The molecule has 2 heterocycles. The van der Waals surface area contributed by atoms with Crippen LogP contribution in [0.4, 0.5) is 20.2 Å². The van der Waals surface area contributed by atoms with Gasteiger partial charge in [-0.1, -0.05) is 12.1 Å². The first-order valence-electron chi connectivity index (χ1n) is 10.8. The van der Waals surface area contributed by atoms with Crippen molar-refractivity contribution < 1.29 is 38.1 Å². The molecule has 10 nitrogen and oxygen atoms in total. The summed E-state index contributed by atoms with van der Waals surface area (Å²) in [6.07, 6.45) is -3.37. The van der Waals surface area contributed by atoms with E-state index in [1.165, 1.54) is 24.4 Å². The number of carbonyl (C=O) groups is 2. The summed E-state index contributed by atoms with van der Waals surface area (Å²) < 4.78 is 35.3. The highest BCUT2D eigenvalue weighted by molar-refractivity contribution is 6.08. The number of hydrogen-bond donors (Lipinski definition) is 5. The predicted molar refractivity (Wildman–Crippen MR) is 124 cm³/mol. The molecule has 0 saturated heterocycles. The van der Waals surface area contributed by atoms with Crippen LogP contribution in [-0.2, 0) is 6.54 Å². The maximum atomic E-state index is 13.2. The fraction of sp³-hybridized carbons (Fsp3) is 0.208. The van der Waals surface area contributed by atoms with Gasteiger partial charge in [-0.05, 0) is 42.0 Å². The van der Waals surface area contributed by atoms with Crippen LogP contribution in [0.5, 0.6) is 11.5 Å². The minimum absolute atomic E-state index is 0.117. The average Bonchev–Trinajstić information content (AvgIpc) is 3.19. The van der Waals surface area contributed by atoms with E-state index in [9.17, 15) is 23.5 Å². The summed E-state index contributed by atoms with van der Waals surface area (Å²) in [7, 11) is 0. The number of ether oxygens (including phenoxy) is 2. The fourth-order valence-electron chi connectivity index (χ4n) is 3.33. The van der Waals surface area contributed by atoms with Gasteiger partial charge in [-0.15, -0.1) is 8.78 Å². The predicted octanol–water partition coefficient (Wildman–Crippen LogP) is 2.35. The van der Waals surface area contributed by atoms with Crippen molar-refractivity contribution >= 4 is 23.2 Å². The quantitative estimate of drug-likeness (QED) is 0.302. The van der Waals surface area contributed by atoms with Crippen LogP contribution < -0.4 is 25.4 Å². The smallest absolute Gasteiger partial charge is 0.395 e. The van der Waals surface area contributed by atoms with Crippen LogP contribution in [0.1, 0.15) is 26.4 Å². The first kappa shape index (κ1) is 24.8.